The van der Waals surface area contributed by atoms with E-state index >= 15 is 0 Å². The Labute approximate surface area is 159 Å². The van der Waals surface area contributed by atoms with Crippen molar-refractivity contribution >= 4 is 11.8 Å². The topological polar surface area (TPSA) is 62.7 Å². The zero-order valence-electron chi connectivity index (χ0n) is 15.9. The summed E-state index contributed by atoms with van der Waals surface area (Å²) in [6.45, 7) is 4.34. The fourth-order valence-electron chi connectivity index (χ4n) is 3.34. The van der Waals surface area contributed by atoms with Gasteiger partial charge in [-0.25, -0.2) is 0 Å². The Morgan fingerprint density at radius 2 is 1.85 bits per heavy atom. The molecule has 2 amide bonds. The molecule has 0 saturated carbocycles. The fraction of sp³-hybridized carbons (Fsp3) is 0.381. The van der Waals surface area contributed by atoms with E-state index in [0.29, 0.717) is 38.3 Å². The van der Waals surface area contributed by atoms with Crippen molar-refractivity contribution in [3.63, 3.8) is 0 Å². The highest BCUT2D eigenvalue weighted by Gasteiger charge is 2.24. The van der Waals surface area contributed by atoms with Crippen molar-refractivity contribution < 1.29 is 14.3 Å². The highest BCUT2D eigenvalue weighted by atomic mass is 16.5. The first-order chi connectivity index (χ1) is 13.1. The number of amides is 2. The maximum Gasteiger partial charge on any atom is 0.272 e. The molecule has 0 aliphatic carbocycles. The lowest BCUT2D eigenvalue weighted by Crippen LogP contribution is -2.38. The van der Waals surface area contributed by atoms with Gasteiger partial charge in [-0.1, -0.05) is 23.8 Å². The van der Waals surface area contributed by atoms with E-state index in [1.807, 2.05) is 36.1 Å². The molecule has 0 atom stereocenters. The number of aryl methyl sites for hydroxylation is 1. The smallest absolute Gasteiger partial charge is 0.272 e. The van der Waals surface area contributed by atoms with Gasteiger partial charge in [0.25, 0.3) is 5.91 Å². The number of pyridine rings is 1. The molecule has 0 radical (unpaired) electrons. The molecule has 0 N–H and O–H groups in total. The maximum absolute atomic E-state index is 12.8. The Morgan fingerprint density at radius 3 is 2.59 bits per heavy atom. The number of methoxy groups -OCH3 is 1. The molecular formula is C21H25N3O3. The van der Waals surface area contributed by atoms with Crippen LogP contribution in [0.4, 0.5) is 0 Å². The normalized spacial score (nSPS) is 14.6. The molecule has 1 saturated heterocycles. The van der Waals surface area contributed by atoms with Crippen LogP contribution < -0.4 is 4.74 Å². The van der Waals surface area contributed by atoms with Gasteiger partial charge in [0.2, 0.25) is 5.91 Å². The lowest BCUT2D eigenvalue weighted by Gasteiger charge is -2.22. The summed E-state index contributed by atoms with van der Waals surface area (Å²) in [4.78, 5) is 33.1. The number of nitrogens with zero attached hydrogens (tertiary/aromatic N) is 3. The van der Waals surface area contributed by atoms with E-state index in [9.17, 15) is 9.59 Å². The Hall–Kier alpha value is -2.89. The van der Waals surface area contributed by atoms with Gasteiger partial charge in [-0.3, -0.25) is 14.6 Å². The van der Waals surface area contributed by atoms with Gasteiger partial charge >= 0.3 is 0 Å². The van der Waals surface area contributed by atoms with Crippen LogP contribution in [0, 0.1) is 6.92 Å². The van der Waals surface area contributed by atoms with Gasteiger partial charge in [0, 0.05) is 37.9 Å². The van der Waals surface area contributed by atoms with Crippen LogP contribution in [0.1, 0.15) is 28.0 Å². The zero-order valence-corrected chi connectivity index (χ0v) is 15.9. The first kappa shape index (κ1) is 18.9. The molecule has 2 aromatic rings. The zero-order chi connectivity index (χ0) is 19.2. The summed E-state index contributed by atoms with van der Waals surface area (Å²) in [5.41, 5.74) is 2.44. The largest absolute Gasteiger partial charge is 0.496 e. The molecule has 1 aromatic carbocycles. The molecule has 0 spiro atoms. The van der Waals surface area contributed by atoms with Gasteiger partial charge in [0.15, 0.2) is 0 Å². The number of hydrogen-bond acceptors (Lipinski definition) is 4. The van der Waals surface area contributed by atoms with Crippen molar-refractivity contribution in [3.05, 3.63) is 59.4 Å². The van der Waals surface area contributed by atoms with Gasteiger partial charge in [0.1, 0.15) is 11.4 Å². The quantitative estimate of drug-likeness (QED) is 0.832. The van der Waals surface area contributed by atoms with Crippen LogP contribution in [-0.2, 0) is 11.2 Å². The van der Waals surface area contributed by atoms with E-state index in [1.165, 1.54) is 0 Å². The number of carbonyl (C=O) groups excluding carboxylic acids is 2. The highest BCUT2D eigenvalue weighted by molar-refractivity contribution is 5.92. The molecule has 0 unspecified atom stereocenters. The SMILES string of the molecule is COc1ccc(C)cc1CC(=O)N1CCCN(C(=O)c2ccccn2)CC1. The number of ether oxygens (including phenoxy) is 1. The van der Waals surface area contributed by atoms with Gasteiger partial charge in [-0.15, -0.1) is 0 Å². The summed E-state index contributed by atoms with van der Waals surface area (Å²) in [6, 6.07) is 11.2. The molecule has 6 heteroatoms. The third-order valence-corrected chi connectivity index (χ3v) is 4.80. The molecule has 1 aliphatic rings. The number of rotatable bonds is 4. The molecule has 3 rings (SSSR count). The number of hydrogen-bond donors (Lipinski definition) is 0. The first-order valence-electron chi connectivity index (χ1n) is 9.20. The van der Waals surface area contributed by atoms with Crippen LogP contribution in [-0.4, -0.2) is 59.9 Å². The Morgan fingerprint density at radius 1 is 1.07 bits per heavy atom. The fourth-order valence-corrected chi connectivity index (χ4v) is 3.34. The minimum absolute atomic E-state index is 0.0611. The predicted octanol–water partition coefficient (Wildman–Crippen LogP) is 2.32. The van der Waals surface area contributed by atoms with E-state index in [1.54, 1.807) is 30.3 Å². The number of carbonyl (C=O) groups is 2. The summed E-state index contributed by atoms with van der Waals surface area (Å²) >= 11 is 0. The van der Waals surface area contributed by atoms with Crippen LogP contribution in [0.2, 0.25) is 0 Å². The summed E-state index contributed by atoms with van der Waals surface area (Å²) in [5, 5.41) is 0. The molecule has 2 heterocycles. The van der Waals surface area contributed by atoms with Crippen molar-refractivity contribution in [2.75, 3.05) is 33.3 Å². The summed E-state index contributed by atoms with van der Waals surface area (Å²) < 4.78 is 5.38. The molecule has 1 fully saturated rings. The Balaban J connectivity index is 1.63. The van der Waals surface area contributed by atoms with Gasteiger partial charge < -0.3 is 14.5 Å². The molecule has 1 aromatic heterocycles. The minimum atomic E-state index is -0.0785. The number of aromatic nitrogens is 1. The molecular weight excluding hydrogens is 342 g/mol. The third-order valence-electron chi connectivity index (χ3n) is 4.80. The maximum atomic E-state index is 12.8. The lowest BCUT2D eigenvalue weighted by atomic mass is 10.1. The van der Waals surface area contributed by atoms with Crippen LogP contribution in [0.5, 0.6) is 5.75 Å². The van der Waals surface area contributed by atoms with Crippen molar-refractivity contribution in [1.82, 2.24) is 14.8 Å². The average Bonchev–Trinajstić information content (AvgIpc) is 2.94. The van der Waals surface area contributed by atoms with Crippen LogP contribution in [0.25, 0.3) is 0 Å². The molecule has 0 bridgehead atoms. The summed E-state index contributed by atoms with van der Waals surface area (Å²) in [5.74, 6) is 0.715. The van der Waals surface area contributed by atoms with Gasteiger partial charge in [-0.05, 0) is 31.5 Å². The molecule has 6 nitrogen and oxygen atoms in total. The minimum Gasteiger partial charge on any atom is -0.496 e. The first-order valence-corrected chi connectivity index (χ1v) is 9.20. The van der Waals surface area contributed by atoms with E-state index < -0.39 is 0 Å². The van der Waals surface area contributed by atoms with Crippen LogP contribution in [0.3, 0.4) is 0 Å². The molecule has 142 valence electrons. The van der Waals surface area contributed by atoms with E-state index in [2.05, 4.69) is 4.98 Å². The highest BCUT2D eigenvalue weighted by Crippen LogP contribution is 2.21. The predicted molar refractivity (Wildman–Crippen MR) is 103 cm³/mol. The van der Waals surface area contributed by atoms with E-state index in [0.717, 1.165) is 23.3 Å². The standard InChI is InChI=1S/C21H25N3O3/c1-16-7-8-19(27-2)17(14-16)15-20(25)23-10-5-11-24(13-12-23)21(26)18-6-3-4-9-22-18/h3-4,6-9,14H,5,10-13,15H2,1-2H3. The van der Waals surface area contributed by atoms with E-state index in [4.69, 9.17) is 4.74 Å². The summed E-state index contributed by atoms with van der Waals surface area (Å²) in [6.07, 6.45) is 2.68. The van der Waals surface area contributed by atoms with Crippen LogP contribution >= 0.6 is 0 Å². The second-order valence-corrected chi connectivity index (χ2v) is 6.73. The van der Waals surface area contributed by atoms with Crippen molar-refractivity contribution in [2.24, 2.45) is 0 Å². The molecule has 27 heavy (non-hydrogen) atoms. The average molecular weight is 367 g/mol. The third kappa shape index (κ3) is 4.64. The monoisotopic (exact) mass is 367 g/mol. The van der Waals surface area contributed by atoms with Crippen molar-refractivity contribution in [3.8, 4) is 5.75 Å². The molecule has 1 aliphatic heterocycles. The second-order valence-electron chi connectivity index (χ2n) is 6.73. The van der Waals surface area contributed by atoms with Gasteiger partial charge in [-0.2, -0.15) is 0 Å². The van der Waals surface area contributed by atoms with Gasteiger partial charge in [0.05, 0.1) is 13.5 Å². The Bertz CT molecular complexity index is 808. The van der Waals surface area contributed by atoms with Crippen LogP contribution in [0.15, 0.2) is 42.6 Å². The number of benzene rings is 1. The van der Waals surface area contributed by atoms with E-state index in [-0.39, 0.29) is 11.8 Å². The second kappa shape index (κ2) is 8.66. The summed E-state index contributed by atoms with van der Waals surface area (Å²) in [7, 11) is 1.62. The lowest BCUT2D eigenvalue weighted by molar-refractivity contribution is -0.130. The Kier molecular flexibility index (Phi) is 6.06. The van der Waals surface area contributed by atoms with Crippen molar-refractivity contribution in [2.45, 2.75) is 19.8 Å². The van der Waals surface area contributed by atoms with Crippen molar-refractivity contribution in [1.29, 1.82) is 0 Å².